The van der Waals surface area contributed by atoms with Crippen molar-refractivity contribution in [1.82, 2.24) is 0 Å². The van der Waals surface area contributed by atoms with Gasteiger partial charge in [-0.3, -0.25) is 9.59 Å². The fourth-order valence-corrected chi connectivity index (χ4v) is 1.49. The summed E-state index contributed by atoms with van der Waals surface area (Å²) in [6.45, 7) is 5.18. The number of aliphatic carboxylic acids is 1. The molecule has 0 aliphatic carbocycles. The maximum atomic E-state index is 11.5. The maximum absolute atomic E-state index is 11.5. The van der Waals surface area contributed by atoms with Crippen LogP contribution in [0.4, 0.5) is 5.69 Å². The van der Waals surface area contributed by atoms with Crippen molar-refractivity contribution >= 4 is 17.6 Å². The standard InChI is InChI=1S/C13H17NO3/c1-9-4-6-12(7-5-9)14(11(3)15)8-10(2)13(16)17/h4-7,10H,8H2,1-3H3,(H,16,17). The second kappa shape index (κ2) is 5.48. The number of aryl methyl sites for hydroxylation is 1. The largest absolute Gasteiger partial charge is 0.481 e. The minimum Gasteiger partial charge on any atom is -0.481 e. The van der Waals surface area contributed by atoms with Crippen molar-refractivity contribution in [2.45, 2.75) is 20.8 Å². The third-order valence-electron chi connectivity index (χ3n) is 2.60. The molecule has 1 N–H and O–H groups in total. The van der Waals surface area contributed by atoms with E-state index in [-0.39, 0.29) is 12.5 Å². The molecule has 0 saturated heterocycles. The molecule has 4 nitrogen and oxygen atoms in total. The highest BCUT2D eigenvalue weighted by Gasteiger charge is 2.19. The number of amides is 1. The Kier molecular flexibility index (Phi) is 4.26. The van der Waals surface area contributed by atoms with Gasteiger partial charge in [-0.2, -0.15) is 0 Å². The molecule has 0 radical (unpaired) electrons. The molecule has 17 heavy (non-hydrogen) atoms. The number of carboxylic acids is 1. The molecular formula is C13H17NO3. The summed E-state index contributed by atoms with van der Waals surface area (Å²) in [7, 11) is 0. The van der Waals surface area contributed by atoms with Gasteiger partial charge < -0.3 is 10.0 Å². The average Bonchev–Trinajstić information content (AvgIpc) is 2.26. The molecule has 4 heteroatoms. The number of hydrogen-bond donors (Lipinski definition) is 1. The molecular weight excluding hydrogens is 218 g/mol. The summed E-state index contributed by atoms with van der Waals surface area (Å²) in [5, 5.41) is 8.87. The summed E-state index contributed by atoms with van der Waals surface area (Å²) < 4.78 is 0. The predicted molar refractivity (Wildman–Crippen MR) is 66.0 cm³/mol. The number of carbonyl (C=O) groups excluding carboxylic acids is 1. The van der Waals surface area contributed by atoms with Crippen molar-refractivity contribution in [2.24, 2.45) is 5.92 Å². The Hall–Kier alpha value is -1.84. The Balaban J connectivity index is 2.90. The number of carbonyl (C=O) groups is 2. The Labute approximate surface area is 101 Å². The van der Waals surface area contributed by atoms with Gasteiger partial charge in [0.1, 0.15) is 0 Å². The van der Waals surface area contributed by atoms with Gasteiger partial charge in [0.05, 0.1) is 5.92 Å². The minimum absolute atomic E-state index is 0.151. The first-order valence-corrected chi connectivity index (χ1v) is 5.49. The third-order valence-corrected chi connectivity index (χ3v) is 2.60. The topological polar surface area (TPSA) is 57.6 Å². The number of hydrogen-bond acceptors (Lipinski definition) is 2. The first kappa shape index (κ1) is 13.2. The van der Waals surface area contributed by atoms with Crippen LogP contribution in [0.2, 0.25) is 0 Å². The van der Waals surface area contributed by atoms with Crippen molar-refractivity contribution in [2.75, 3.05) is 11.4 Å². The van der Waals surface area contributed by atoms with E-state index in [1.54, 1.807) is 6.92 Å². The van der Waals surface area contributed by atoms with Crippen molar-refractivity contribution in [3.63, 3.8) is 0 Å². The van der Waals surface area contributed by atoms with Crippen LogP contribution in [0.15, 0.2) is 24.3 Å². The highest BCUT2D eigenvalue weighted by molar-refractivity contribution is 5.92. The lowest BCUT2D eigenvalue weighted by Crippen LogP contribution is -2.35. The zero-order chi connectivity index (χ0) is 13.0. The van der Waals surface area contributed by atoms with Crippen LogP contribution in [-0.4, -0.2) is 23.5 Å². The van der Waals surface area contributed by atoms with E-state index in [4.69, 9.17) is 5.11 Å². The Morgan fingerprint density at radius 1 is 1.29 bits per heavy atom. The fourth-order valence-electron chi connectivity index (χ4n) is 1.49. The van der Waals surface area contributed by atoms with Crippen molar-refractivity contribution in [3.05, 3.63) is 29.8 Å². The molecule has 0 aromatic heterocycles. The number of rotatable bonds is 4. The van der Waals surface area contributed by atoms with E-state index in [0.717, 1.165) is 11.3 Å². The normalized spacial score (nSPS) is 11.9. The number of nitrogens with zero attached hydrogens (tertiary/aromatic N) is 1. The SMILES string of the molecule is CC(=O)N(CC(C)C(=O)O)c1ccc(C)cc1. The molecule has 1 aromatic carbocycles. The molecule has 1 rings (SSSR count). The molecule has 92 valence electrons. The van der Waals surface area contributed by atoms with Crippen LogP contribution in [0.1, 0.15) is 19.4 Å². The lowest BCUT2D eigenvalue weighted by Gasteiger charge is -2.23. The second-order valence-corrected chi connectivity index (χ2v) is 4.20. The van der Waals surface area contributed by atoms with Gasteiger partial charge >= 0.3 is 5.97 Å². The first-order valence-electron chi connectivity index (χ1n) is 5.49. The number of benzene rings is 1. The Bertz CT molecular complexity index is 411. The molecule has 1 aromatic rings. The zero-order valence-corrected chi connectivity index (χ0v) is 10.3. The maximum Gasteiger partial charge on any atom is 0.308 e. The summed E-state index contributed by atoms with van der Waals surface area (Å²) in [6.07, 6.45) is 0. The fraction of sp³-hybridized carbons (Fsp3) is 0.385. The summed E-state index contributed by atoms with van der Waals surface area (Å²) in [4.78, 5) is 23.8. The van der Waals surface area contributed by atoms with Gasteiger partial charge in [-0.1, -0.05) is 24.6 Å². The molecule has 0 fully saturated rings. The van der Waals surface area contributed by atoms with Crippen molar-refractivity contribution < 1.29 is 14.7 Å². The molecule has 0 saturated carbocycles. The summed E-state index contributed by atoms with van der Waals surface area (Å²) >= 11 is 0. The van der Waals surface area contributed by atoms with E-state index in [0.29, 0.717) is 0 Å². The van der Waals surface area contributed by atoms with Crippen LogP contribution in [0, 0.1) is 12.8 Å². The van der Waals surface area contributed by atoms with Gasteiger partial charge in [-0.25, -0.2) is 0 Å². The van der Waals surface area contributed by atoms with Crippen molar-refractivity contribution in [3.8, 4) is 0 Å². The van der Waals surface area contributed by atoms with Crippen LogP contribution < -0.4 is 4.90 Å². The lowest BCUT2D eigenvalue weighted by molar-refractivity contribution is -0.140. The highest BCUT2D eigenvalue weighted by Crippen LogP contribution is 2.17. The lowest BCUT2D eigenvalue weighted by atomic mass is 10.1. The van der Waals surface area contributed by atoms with Gasteiger partial charge in [-0.05, 0) is 19.1 Å². The Morgan fingerprint density at radius 2 is 1.82 bits per heavy atom. The highest BCUT2D eigenvalue weighted by atomic mass is 16.4. The van der Waals surface area contributed by atoms with E-state index in [2.05, 4.69) is 0 Å². The van der Waals surface area contributed by atoms with Crippen LogP contribution in [0.3, 0.4) is 0 Å². The minimum atomic E-state index is -0.900. The molecule has 0 bridgehead atoms. The quantitative estimate of drug-likeness (QED) is 0.869. The molecule has 0 aliphatic heterocycles. The van der Waals surface area contributed by atoms with Gasteiger partial charge in [0, 0.05) is 19.2 Å². The van der Waals surface area contributed by atoms with E-state index in [9.17, 15) is 9.59 Å². The van der Waals surface area contributed by atoms with E-state index >= 15 is 0 Å². The molecule has 1 amide bonds. The van der Waals surface area contributed by atoms with Crippen LogP contribution in [0.25, 0.3) is 0 Å². The van der Waals surface area contributed by atoms with Crippen molar-refractivity contribution in [1.29, 1.82) is 0 Å². The zero-order valence-electron chi connectivity index (χ0n) is 10.3. The first-order chi connectivity index (χ1) is 7.91. The molecule has 1 atom stereocenters. The number of anilines is 1. The van der Waals surface area contributed by atoms with Crippen LogP contribution in [-0.2, 0) is 9.59 Å². The third kappa shape index (κ3) is 3.59. The summed E-state index contributed by atoms with van der Waals surface area (Å²) in [6, 6.07) is 7.45. The smallest absolute Gasteiger partial charge is 0.308 e. The number of carboxylic acid groups (broad SMARTS) is 1. The van der Waals surface area contributed by atoms with Crippen LogP contribution >= 0.6 is 0 Å². The van der Waals surface area contributed by atoms with E-state index in [1.165, 1.54) is 11.8 Å². The van der Waals surface area contributed by atoms with Gasteiger partial charge in [0.2, 0.25) is 5.91 Å². The molecule has 0 aliphatic rings. The summed E-state index contributed by atoms with van der Waals surface area (Å²) in [5.41, 5.74) is 1.83. The predicted octanol–water partition coefficient (Wildman–Crippen LogP) is 2.07. The molecule has 1 unspecified atom stereocenters. The van der Waals surface area contributed by atoms with E-state index in [1.807, 2.05) is 31.2 Å². The Morgan fingerprint density at radius 3 is 2.24 bits per heavy atom. The summed E-state index contributed by atoms with van der Waals surface area (Å²) in [5.74, 6) is -1.63. The van der Waals surface area contributed by atoms with Gasteiger partial charge in [-0.15, -0.1) is 0 Å². The monoisotopic (exact) mass is 235 g/mol. The van der Waals surface area contributed by atoms with Gasteiger partial charge in [0.25, 0.3) is 0 Å². The molecule has 0 spiro atoms. The molecule has 0 heterocycles. The second-order valence-electron chi connectivity index (χ2n) is 4.20. The average molecular weight is 235 g/mol. The van der Waals surface area contributed by atoms with E-state index < -0.39 is 11.9 Å². The van der Waals surface area contributed by atoms with Gasteiger partial charge in [0.15, 0.2) is 0 Å². The van der Waals surface area contributed by atoms with Crippen LogP contribution in [0.5, 0.6) is 0 Å².